The number of aromatic nitrogens is 1. The number of ether oxygens (including phenoxy) is 1. The highest BCUT2D eigenvalue weighted by molar-refractivity contribution is 6.06. The molecule has 1 amide bonds. The summed E-state index contributed by atoms with van der Waals surface area (Å²) in [5.41, 5.74) is 3.45. The maximum atomic E-state index is 13.1. The number of carbonyl (C=O) groups excluding carboxylic acids is 2. The third kappa shape index (κ3) is 4.72. The largest absolute Gasteiger partial charge is 0.452 e. The molecule has 31 heavy (non-hydrogen) atoms. The van der Waals surface area contributed by atoms with Crippen LogP contribution in [0.1, 0.15) is 35.0 Å². The fourth-order valence-corrected chi connectivity index (χ4v) is 3.92. The van der Waals surface area contributed by atoms with E-state index in [-0.39, 0.29) is 0 Å². The third-order valence-corrected chi connectivity index (χ3v) is 5.33. The predicted octanol–water partition coefficient (Wildman–Crippen LogP) is 3.94. The molecule has 0 fully saturated rings. The molecule has 2 aromatic carbocycles. The van der Waals surface area contributed by atoms with Gasteiger partial charge in [0, 0.05) is 41.8 Å². The van der Waals surface area contributed by atoms with E-state index in [2.05, 4.69) is 17.1 Å². The minimum Gasteiger partial charge on any atom is -0.452 e. The summed E-state index contributed by atoms with van der Waals surface area (Å²) in [6.45, 7) is 4.18. The molecule has 7 heteroatoms. The van der Waals surface area contributed by atoms with E-state index in [1.54, 1.807) is 0 Å². The first kappa shape index (κ1) is 20.9. The van der Waals surface area contributed by atoms with E-state index in [0.717, 1.165) is 48.1 Å². The third-order valence-electron chi connectivity index (χ3n) is 5.33. The number of halogens is 1. The molecule has 0 unspecified atom stereocenters. The predicted molar refractivity (Wildman–Crippen MR) is 116 cm³/mol. The van der Waals surface area contributed by atoms with E-state index in [1.807, 2.05) is 24.3 Å². The van der Waals surface area contributed by atoms with E-state index < -0.39 is 24.3 Å². The van der Waals surface area contributed by atoms with Crippen molar-refractivity contribution in [2.75, 3.05) is 25.0 Å². The Morgan fingerprint density at radius 2 is 1.94 bits per heavy atom. The monoisotopic (exact) mass is 421 g/mol. The summed E-state index contributed by atoms with van der Waals surface area (Å²) >= 11 is 0. The van der Waals surface area contributed by atoms with Crippen molar-refractivity contribution in [3.63, 3.8) is 0 Å². The Morgan fingerprint density at radius 1 is 1.16 bits per heavy atom. The first-order chi connectivity index (χ1) is 15.0. The molecule has 160 valence electrons. The molecule has 0 atom stereocenters. The second-order valence-electron chi connectivity index (χ2n) is 7.59. The molecule has 1 N–H and O–H groups in total. The number of para-hydroxylation sites is 1. The molecule has 2 heterocycles. The van der Waals surface area contributed by atoms with Crippen molar-refractivity contribution >= 4 is 28.5 Å². The number of fused-ring (bicyclic) bond motifs is 2. The first-order valence-electron chi connectivity index (χ1n) is 10.4. The van der Waals surface area contributed by atoms with Crippen LogP contribution in [0.5, 0.6) is 0 Å². The highest BCUT2D eigenvalue weighted by Crippen LogP contribution is 2.29. The number of pyridine rings is 1. The number of anilines is 1. The fourth-order valence-electron chi connectivity index (χ4n) is 3.92. The minimum atomic E-state index is -0.539. The zero-order chi connectivity index (χ0) is 21.8. The number of benzene rings is 2. The molecule has 3 aromatic rings. The molecule has 0 saturated carbocycles. The van der Waals surface area contributed by atoms with Crippen LogP contribution in [-0.2, 0) is 22.5 Å². The molecule has 0 radical (unpaired) electrons. The van der Waals surface area contributed by atoms with Gasteiger partial charge in [-0.3, -0.25) is 14.7 Å². The Morgan fingerprint density at radius 3 is 2.71 bits per heavy atom. The highest BCUT2D eigenvalue weighted by atomic mass is 19.1. The van der Waals surface area contributed by atoms with Crippen molar-refractivity contribution in [3.05, 3.63) is 71.2 Å². The lowest BCUT2D eigenvalue weighted by Crippen LogP contribution is -2.33. The van der Waals surface area contributed by atoms with Crippen LogP contribution in [0.4, 0.5) is 10.1 Å². The normalized spacial score (nSPS) is 13.6. The molecule has 0 saturated heterocycles. The molecule has 0 spiro atoms. The van der Waals surface area contributed by atoms with Crippen LogP contribution in [0.3, 0.4) is 0 Å². The zero-order valence-corrected chi connectivity index (χ0v) is 17.4. The SMILES string of the molecule is CCCN1CCc2nc3ccccc3c(C(=O)OCC(=O)Nc3ccc(F)cc3)c2C1. The number of carbonyl (C=O) groups is 2. The van der Waals surface area contributed by atoms with E-state index in [9.17, 15) is 14.0 Å². The second-order valence-corrected chi connectivity index (χ2v) is 7.59. The van der Waals surface area contributed by atoms with Gasteiger partial charge in [-0.1, -0.05) is 25.1 Å². The minimum absolute atomic E-state index is 0.393. The summed E-state index contributed by atoms with van der Waals surface area (Å²) in [5.74, 6) is -1.42. The van der Waals surface area contributed by atoms with Crippen molar-refractivity contribution in [1.29, 1.82) is 0 Å². The Kier molecular flexibility index (Phi) is 6.23. The Bertz CT molecular complexity index is 1120. The smallest absolute Gasteiger partial charge is 0.339 e. The number of nitrogens with zero attached hydrogens (tertiary/aromatic N) is 2. The first-order valence-corrected chi connectivity index (χ1v) is 10.4. The van der Waals surface area contributed by atoms with Gasteiger partial charge in [-0.05, 0) is 43.3 Å². The van der Waals surface area contributed by atoms with Crippen LogP contribution in [0.15, 0.2) is 48.5 Å². The molecule has 0 bridgehead atoms. The molecule has 1 aromatic heterocycles. The summed E-state index contributed by atoms with van der Waals surface area (Å²) in [5, 5.41) is 3.32. The van der Waals surface area contributed by atoms with Gasteiger partial charge < -0.3 is 10.1 Å². The Hall–Kier alpha value is -3.32. The molecule has 1 aliphatic heterocycles. The van der Waals surface area contributed by atoms with Crippen molar-refractivity contribution in [2.24, 2.45) is 0 Å². The molecular weight excluding hydrogens is 397 g/mol. The number of hydrogen-bond donors (Lipinski definition) is 1. The van der Waals surface area contributed by atoms with Gasteiger partial charge in [0.2, 0.25) is 0 Å². The maximum absolute atomic E-state index is 13.1. The van der Waals surface area contributed by atoms with Crippen LogP contribution >= 0.6 is 0 Å². The molecule has 4 rings (SSSR count). The lowest BCUT2D eigenvalue weighted by Gasteiger charge is -2.29. The van der Waals surface area contributed by atoms with Crippen LogP contribution in [0, 0.1) is 5.82 Å². The van der Waals surface area contributed by atoms with Gasteiger partial charge in [0.15, 0.2) is 6.61 Å². The zero-order valence-electron chi connectivity index (χ0n) is 17.4. The fraction of sp³-hybridized carbons (Fsp3) is 0.292. The van der Waals surface area contributed by atoms with Crippen molar-refractivity contribution in [1.82, 2.24) is 9.88 Å². The van der Waals surface area contributed by atoms with Gasteiger partial charge in [-0.25, -0.2) is 9.18 Å². The van der Waals surface area contributed by atoms with E-state index in [4.69, 9.17) is 9.72 Å². The van der Waals surface area contributed by atoms with Gasteiger partial charge in [0.1, 0.15) is 5.82 Å². The summed E-state index contributed by atoms with van der Waals surface area (Å²) in [7, 11) is 0. The summed E-state index contributed by atoms with van der Waals surface area (Å²) in [4.78, 5) is 32.4. The lowest BCUT2D eigenvalue weighted by molar-refractivity contribution is -0.119. The summed E-state index contributed by atoms with van der Waals surface area (Å²) in [6, 6.07) is 12.9. The van der Waals surface area contributed by atoms with E-state index in [1.165, 1.54) is 24.3 Å². The van der Waals surface area contributed by atoms with Gasteiger partial charge >= 0.3 is 5.97 Å². The van der Waals surface area contributed by atoms with Crippen LogP contribution < -0.4 is 5.32 Å². The van der Waals surface area contributed by atoms with E-state index >= 15 is 0 Å². The second kappa shape index (κ2) is 9.22. The molecule has 1 aliphatic rings. The highest BCUT2D eigenvalue weighted by Gasteiger charge is 2.26. The van der Waals surface area contributed by atoms with Crippen molar-refractivity contribution < 1.29 is 18.7 Å². The van der Waals surface area contributed by atoms with Gasteiger partial charge in [-0.15, -0.1) is 0 Å². The lowest BCUT2D eigenvalue weighted by atomic mass is 9.95. The number of amides is 1. The molecular formula is C24H24FN3O3. The quantitative estimate of drug-likeness (QED) is 0.611. The van der Waals surface area contributed by atoms with Crippen molar-refractivity contribution in [2.45, 2.75) is 26.3 Å². The number of nitrogens with one attached hydrogen (secondary N) is 1. The van der Waals surface area contributed by atoms with Crippen LogP contribution in [-0.4, -0.2) is 41.5 Å². The van der Waals surface area contributed by atoms with Gasteiger partial charge in [0.25, 0.3) is 5.91 Å². The maximum Gasteiger partial charge on any atom is 0.339 e. The van der Waals surface area contributed by atoms with Gasteiger partial charge in [-0.2, -0.15) is 0 Å². The van der Waals surface area contributed by atoms with Crippen molar-refractivity contribution in [3.8, 4) is 0 Å². The molecule has 0 aliphatic carbocycles. The van der Waals surface area contributed by atoms with E-state index in [0.29, 0.717) is 17.8 Å². The van der Waals surface area contributed by atoms with Crippen LogP contribution in [0.25, 0.3) is 10.9 Å². The summed E-state index contributed by atoms with van der Waals surface area (Å²) in [6.07, 6.45) is 1.80. The topological polar surface area (TPSA) is 71.5 Å². The Labute approximate surface area is 180 Å². The number of rotatable bonds is 6. The standard InChI is InChI=1S/C24H24FN3O3/c1-2-12-28-13-11-21-19(14-28)23(18-5-3-4-6-20(18)27-21)24(30)31-15-22(29)26-17-9-7-16(25)8-10-17/h3-10H,2,11-15H2,1H3,(H,26,29). The number of esters is 1. The average molecular weight is 421 g/mol. The Balaban J connectivity index is 1.56. The average Bonchev–Trinajstić information content (AvgIpc) is 2.77. The summed E-state index contributed by atoms with van der Waals surface area (Å²) < 4.78 is 18.4. The van der Waals surface area contributed by atoms with Crippen LogP contribution in [0.2, 0.25) is 0 Å². The molecule has 6 nitrogen and oxygen atoms in total. The number of hydrogen-bond acceptors (Lipinski definition) is 5. The van der Waals surface area contributed by atoms with Gasteiger partial charge in [0.05, 0.1) is 11.1 Å².